The largest absolute Gasteiger partial charge is 0.502 e. The average Bonchev–Trinajstić information content (AvgIpc) is 3.41. The number of aromatic nitrogens is 1. The van der Waals surface area contributed by atoms with Crippen molar-refractivity contribution < 1.29 is 32.9 Å². The number of amides is 2. The highest BCUT2D eigenvalue weighted by molar-refractivity contribution is 7.47. The normalized spacial score (nSPS) is 18.6. The Morgan fingerprint density at radius 3 is 2.60 bits per heavy atom. The van der Waals surface area contributed by atoms with Crippen molar-refractivity contribution in [2.45, 2.75) is 45.8 Å². The van der Waals surface area contributed by atoms with Crippen LogP contribution in [0.4, 0.5) is 4.39 Å². The molecule has 1 saturated heterocycles. The van der Waals surface area contributed by atoms with Gasteiger partial charge in [-0.25, -0.2) is 4.39 Å². The molecule has 1 aromatic heterocycles. The van der Waals surface area contributed by atoms with Crippen LogP contribution in [0.15, 0.2) is 29.2 Å². The maximum atomic E-state index is 14.3. The number of aryl methyl sites for hydroxylation is 1. The van der Waals surface area contributed by atoms with Crippen molar-refractivity contribution in [1.82, 2.24) is 14.9 Å². The van der Waals surface area contributed by atoms with E-state index in [1.807, 2.05) is 13.8 Å². The fraction of sp³-hybridized carbons (Fsp3) is 0.519. The summed E-state index contributed by atoms with van der Waals surface area (Å²) in [6.07, 6.45) is 2.92. The van der Waals surface area contributed by atoms with Gasteiger partial charge in [0.2, 0.25) is 5.43 Å². The van der Waals surface area contributed by atoms with E-state index in [-0.39, 0.29) is 30.0 Å². The molecule has 40 heavy (non-hydrogen) atoms. The third-order valence-corrected chi connectivity index (χ3v) is 8.96. The Bertz CT molecular complexity index is 1310. The number of halogens is 1. The molecule has 1 fully saturated rings. The minimum atomic E-state index is -1.09. The van der Waals surface area contributed by atoms with Crippen molar-refractivity contribution in [1.29, 1.82) is 0 Å². The number of nitrogens with zero attached hydrogens (tertiary/aromatic N) is 3. The van der Waals surface area contributed by atoms with Gasteiger partial charge in [0.15, 0.2) is 25.5 Å². The molecule has 2 aromatic rings. The van der Waals surface area contributed by atoms with E-state index < -0.39 is 42.8 Å². The molecule has 4 rings (SSSR count). The quantitative estimate of drug-likeness (QED) is 0.391. The summed E-state index contributed by atoms with van der Waals surface area (Å²) in [6.45, 7) is 7.39. The van der Waals surface area contributed by atoms with Gasteiger partial charge in [0.05, 0.1) is 26.4 Å². The molecule has 1 spiro atoms. The lowest BCUT2D eigenvalue weighted by Crippen LogP contribution is -2.70. The van der Waals surface area contributed by atoms with Gasteiger partial charge in [-0.05, 0) is 38.8 Å². The number of pyridine rings is 1. The first-order valence-electron chi connectivity index (χ1n) is 13.3. The highest BCUT2D eigenvalue weighted by Gasteiger charge is 2.52. The molecular weight excluding hydrogens is 542 g/mol. The number of benzene rings is 1. The molecule has 218 valence electrons. The molecule has 2 amide bonds. The maximum absolute atomic E-state index is 14.3. The zero-order valence-electron chi connectivity index (χ0n) is 23.2. The van der Waals surface area contributed by atoms with Gasteiger partial charge in [-0.2, -0.15) is 0 Å². The number of hydrogen-bond donors (Lipinski definition) is 2. The standard InChI is InChI=1S/C27H36FN4O7P/c1-5-38-40(39-6-2)13-7-11-31-26(36)22-24(34)23(33)20(16-32(22)30(4)27(31)10-12-37-17-27)25(35)29-15-19-9-8-18(3)14-21(19)28/h8-9,14,16,34H,5-7,10-13,15,17H2,1-4H3,(H,29,35). The van der Waals surface area contributed by atoms with Gasteiger partial charge < -0.3 is 29.1 Å². The molecule has 1 aromatic carbocycles. The van der Waals surface area contributed by atoms with Crippen LogP contribution in [0.2, 0.25) is 0 Å². The fourth-order valence-corrected chi connectivity index (χ4v) is 6.39. The van der Waals surface area contributed by atoms with Gasteiger partial charge in [-0.3, -0.25) is 24.1 Å². The van der Waals surface area contributed by atoms with Gasteiger partial charge in [-0.15, -0.1) is 0 Å². The number of carbonyl (C=O) groups excluding carboxylic acids is 2. The minimum absolute atomic E-state index is 0.154. The molecule has 0 radical (unpaired) electrons. The predicted octanol–water partition coefficient (Wildman–Crippen LogP) is 2.85. The lowest BCUT2D eigenvalue weighted by molar-refractivity contribution is 0.0223. The van der Waals surface area contributed by atoms with Crippen molar-refractivity contribution >= 4 is 20.2 Å². The van der Waals surface area contributed by atoms with Gasteiger partial charge in [0.1, 0.15) is 11.4 Å². The molecule has 3 heterocycles. The number of hydrogen-bond acceptors (Lipinski definition) is 8. The van der Waals surface area contributed by atoms with Crippen LogP contribution in [0.1, 0.15) is 58.7 Å². The zero-order chi connectivity index (χ0) is 29.0. The molecule has 0 saturated carbocycles. The van der Waals surface area contributed by atoms with E-state index >= 15 is 0 Å². The second-order valence-electron chi connectivity index (χ2n) is 9.70. The summed E-state index contributed by atoms with van der Waals surface area (Å²) >= 11 is 0. The van der Waals surface area contributed by atoms with Gasteiger partial charge in [-0.1, -0.05) is 12.1 Å². The van der Waals surface area contributed by atoms with Crippen molar-refractivity contribution in [3.8, 4) is 5.75 Å². The lowest BCUT2D eigenvalue weighted by Gasteiger charge is -2.52. The SMILES string of the molecule is CCOP(CCCN1C(=O)c2c(O)c(=O)c(C(=O)NCc3ccc(C)cc3F)cn2N(C)C12CCOC2)OCC. The highest BCUT2D eigenvalue weighted by Crippen LogP contribution is 2.40. The molecule has 2 N–H and O–H groups in total. The molecule has 0 bridgehead atoms. The summed E-state index contributed by atoms with van der Waals surface area (Å²) in [4.78, 5) is 41.5. The average molecular weight is 579 g/mol. The second kappa shape index (κ2) is 12.6. The monoisotopic (exact) mass is 578 g/mol. The topological polar surface area (TPSA) is 123 Å². The number of rotatable bonds is 11. The first-order chi connectivity index (χ1) is 19.1. The number of fused-ring (bicyclic) bond motifs is 1. The summed E-state index contributed by atoms with van der Waals surface area (Å²) in [5.74, 6) is -2.63. The zero-order valence-corrected chi connectivity index (χ0v) is 24.1. The Kier molecular flexibility index (Phi) is 9.45. The maximum Gasteiger partial charge on any atom is 0.278 e. The summed E-state index contributed by atoms with van der Waals surface area (Å²) in [6, 6.07) is 4.62. The van der Waals surface area contributed by atoms with E-state index in [2.05, 4.69) is 5.32 Å². The van der Waals surface area contributed by atoms with Crippen LogP contribution in [-0.2, 0) is 20.3 Å². The first kappa shape index (κ1) is 29.9. The molecule has 13 heteroatoms. The third-order valence-electron chi connectivity index (χ3n) is 7.18. The van der Waals surface area contributed by atoms with E-state index in [1.54, 1.807) is 36.0 Å². The van der Waals surface area contributed by atoms with Gasteiger partial charge in [0.25, 0.3) is 11.8 Å². The summed E-state index contributed by atoms with van der Waals surface area (Å²) < 4.78 is 32.7. The van der Waals surface area contributed by atoms with Gasteiger partial charge in [0, 0.05) is 44.5 Å². The van der Waals surface area contributed by atoms with Gasteiger partial charge >= 0.3 is 0 Å². The van der Waals surface area contributed by atoms with Crippen LogP contribution in [0.5, 0.6) is 5.75 Å². The van der Waals surface area contributed by atoms with Crippen LogP contribution < -0.4 is 15.8 Å². The van der Waals surface area contributed by atoms with Crippen molar-refractivity contribution in [3.63, 3.8) is 0 Å². The Labute approximate surface area is 233 Å². The Hall–Kier alpha value is -3.05. The van der Waals surface area contributed by atoms with E-state index in [9.17, 15) is 23.9 Å². The number of nitrogens with one attached hydrogen (secondary N) is 1. The fourth-order valence-electron chi connectivity index (χ4n) is 5.08. The molecular formula is C27H36FN4O7P. The van der Waals surface area contributed by atoms with Crippen molar-refractivity contribution in [2.75, 3.05) is 51.2 Å². The van der Waals surface area contributed by atoms with Crippen molar-refractivity contribution in [2.24, 2.45) is 0 Å². The Morgan fingerprint density at radius 2 is 1.98 bits per heavy atom. The second-order valence-corrected chi connectivity index (χ2v) is 11.3. The molecule has 1 unspecified atom stereocenters. The summed E-state index contributed by atoms with van der Waals surface area (Å²) in [5.41, 5.74) is -1.47. The summed E-state index contributed by atoms with van der Waals surface area (Å²) in [5, 5.41) is 15.2. The van der Waals surface area contributed by atoms with E-state index in [0.29, 0.717) is 45.4 Å². The smallest absolute Gasteiger partial charge is 0.278 e. The van der Waals surface area contributed by atoms with Crippen LogP contribution in [-0.4, -0.2) is 78.3 Å². The highest BCUT2D eigenvalue weighted by atomic mass is 31.2. The number of likely N-dealkylation sites (N-methyl/N-ethyl adjacent to an activating group) is 1. The Morgan fingerprint density at radius 1 is 1.25 bits per heavy atom. The summed E-state index contributed by atoms with van der Waals surface area (Å²) in [7, 11) is 0.628. The number of aromatic hydroxyl groups is 1. The number of carbonyl (C=O) groups is 2. The molecule has 2 aliphatic rings. The number of ether oxygens (including phenoxy) is 1. The predicted molar refractivity (Wildman–Crippen MR) is 148 cm³/mol. The molecule has 2 aliphatic heterocycles. The van der Waals surface area contributed by atoms with E-state index in [1.165, 1.54) is 16.9 Å². The molecule has 11 nitrogen and oxygen atoms in total. The van der Waals surface area contributed by atoms with Crippen molar-refractivity contribution in [3.05, 3.63) is 62.8 Å². The molecule has 0 aliphatic carbocycles. The van der Waals surface area contributed by atoms with Crippen LogP contribution >= 0.6 is 8.38 Å². The minimum Gasteiger partial charge on any atom is -0.502 e. The molecule has 1 atom stereocenters. The van der Waals surface area contributed by atoms with Crippen LogP contribution in [0.25, 0.3) is 0 Å². The first-order valence-corrected chi connectivity index (χ1v) is 14.7. The van der Waals surface area contributed by atoms with Crippen LogP contribution in [0, 0.1) is 12.7 Å². The Balaban J connectivity index is 1.61. The lowest BCUT2D eigenvalue weighted by atomic mass is 10.0. The third kappa shape index (κ3) is 5.72. The van der Waals surface area contributed by atoms with E-state index in [4.69, 9.17) is 13.8 Å². The van der Waals surface area contributed by atoms with E-state index in [0.717, 1.165) is 5.56 Å². The van der Waals surface area contributed by atoms with Crippen LogP contribution in [0.3, 0.4) is 0 Å².